The van der Waals surface area contributed by atoms with E-state index in [0.29, 0.717) is 12.6 Å². The number of hydrogen-bond acceptors (Lipinski definition) is 2. The summed E-state index contributed by atoms with van der Waals surface area (Å²) in [5, 5.41) is 11.3. The van der Waals surface area contributed by atoms with Gasteiger partial charge in [-0.15, -0.1) is 0 Å². The summed E-state index contributed by atoms with van der Waals surface area (Å²) in [7, 11) is 0. The van der Waals surface area contributed by atoms with Crippen molar-refractivity contribution in [1.82, 2.24) is 0 Å². The average molecular weight is 303 g/mol. The molecular formula is C21H21NO. The van der Waals surface area contributed by atoms with Gasteiger partial charge in [-0.1, -0.05) is 62.4 Å². The Morgan fingerprint density at radius 3 is 2.35 bits per heavy atom. The SMILES string of the molecule is CC(C)COCNc1cc2cccc3ccc4cccc1c4c32. The van der Waals surface area contributed by atoms with Crippen molar-refractivity contribution in [2.75, 3.05) is 18.7 Å². The predicted octanol–water partition coefficient (Wildman–Crippen LogP) is 5.63. The van der Waals surface area contributed by atoms with Crippen LogP contribution in [0.3, 0.4) is 0 Å². The van der Waals surface area contributed by atoms with Gasteiger partial charge in [-0.05, 0) is 38.9 Å². The number of nitrogens with one attached hydrogen (secondary N) is 1. The number of ether oxygens (including phenoxy) is 1. The molecule has 116 valence electrons. The fourth-order valence-electron chi connectivity index (χ4n) is 3.33. The molecule has 0 atom stereocenters. The molecule has 23 heavy (non-hydrogen) atoms. The maximum atomic E-state index is 5.70. The molecule has 2 nitrogen and oxygen atoms in total. The third kappa shape index (κ3) is 2.49. The first-order valence-corrected chi connectivity index (χ1v) is 8.22. The van der Waals surface area contributed by atoms with Crippen LogP contribution in [-0.4, -0.2) is 13.3 Å². The molecule has 0 heterocycles. The smallest absolute Gasteiger partial charge is 0.116 e. The van der Waals surface area contributed by atoms with Gasteiger partial charge >= 0.3 is 0 Å². The van der Waals surface area contributed by atoms with Crippen molar-refractivity contribution in [3.05, 3.63) is 54.6 Å². The molecule has 0 unspecified atom stereocenters. The minimum Gasteiger partial charge on any atom is -0.362 e. The van der Waals surface area contributed by atoms with Crippen LogP contribution in [0.5, 0.6) is 0 Å². The standard InChI is InChI=1S/C21H21NO/c1-14(2)12-23-13-22-19-11-17-7-3-5-15-9-10-16-6-4-8-18(19)21(16)20(15)17/h3-11,14,22H,12-13H2,1-2H3. The van der Waals surface area contributed by atoms with Crippen LogP contribution in [0.15, 0.2) is 54.6 Å². The van der Waals surface area contributed by atoms with E-state index in [4.69, 9.17) is 4.74 Å². The van der Waals surface area contributed by atoms with E-state index >= 15 is 0 Å². The zero-order valence-electron chi connectivity index (χ0n) is 13.6. The van der Waals surface area contributed by atoms with Crippen molar-refractivity contribution < 1.29 is 4.74 Å². The lowest BCUT2D eigenvalue weighted by Crippen LogP contribution is -2.10. The van der Waals surface area contributed by atoms with Gasteiger partial charge in [0.2, 0.25) is 0 Å². The van der Waals surface area contributed by atoms with Crippen LogP contribution in [0, 0.1) is 5.92 Å². The van der Waals surface area contributed by atoms with Crippen LogP contribution in [-0.2, 0) is 4.74 Å². The lowest BCUT2D eigenvalue weighted by molar-refractivity contribution is 0.126. The topological polar surface area (TPSA) is 21.3 Å². The monoisotopic (exact) mass is 303 g/mol. The Labute approximate surface area is 136 Å². The van der Waals surface area contributed by atoms with Crippen molar-refractivity contribution in [3.63, 3.8) is 0 Å². The number of rotatable bonds is 5. The van der Waals surface area contributed by atoms with Crippen molar-refractivity contribution in [2.45, 2.75) is 13.8 Å². The maximum Gasteiger partial charge on any atom is 0.116 e. The number of hydrogen-bond donors (Lipinski definition) is 1. The molecule has 0 bridgehead atoms. The van der Waals surface area contributed by atoms with Gasteiger partial charge < -0.3 is 10.1 Å². The molecule has 4 rings (SSSR count). The summed E-state index contributed by atoms with van der Waals surface area (Å²) in [4.78, 5) is 0. The van der Waals surface area contributed by atoms with Gasteiger partial charge in [0, 0.05) is 11.1 Å². The van der Waals surface area contributed by atoms with Gasteiger partial charge in [-0.25, -0.2) is 0 Å². The van der Waals surface area contributed by atoms with E-state index in [2.05, 4.69) is 73.8 Å². The first kappa shape index (κ1) is 14.3. The number of benzene rings is 4. The predicted molar refractivity (Wildman–Crippen MR) is 99.4 cm³/mol. The molecule has 4 aromatic rings. The van der Waals surface area contributed by atoms with Crippen LogP contribution in [0.1, 0.15) is 13.8 Å². The second-order valence-corrected chi connectivity index (χ2v) is 6.56. The Balaban J connectivity index is 1.84. The largest absolute Gasteiger partial charge is 0.362 e. The average Bonchev–Trinajstić information content (AvgIpc) is 2.57. The molecule has 0 aliphatic carbocycles. The Bertz CT molecular complexity index is 958. The zero-order chi connectivity index (χ0) is 15.8. The molecule has 0 spiro atoms. The first-order valence-electron chi connectivity index (χ1n) is 8.22. The summed E-state index contributed by atoms with van der Waals surface area (Å²) in [6, 6.07) is 19.7. The molecule has 2 heteroatoms. The molecular weight excluding hydrogens is 282 g/mol. The molecule has 0 saturated heterocycles. The van der Waals surface area contributed by atoms with E-state index in [1.54, 1.807) is 0 Å². The van der Waals surface area contributed by atoms with Gasteiger partial charge in [-0.3, -0.25) is 0 Å². The third-order valence-electron chi connectivity index (χ3n) is 4.32. The normalized spacial score (nSPS) is 12.0. The van der Waals surface area contributed by atoms with Crippen LogP contribution in [0.25, 0.3) is 32.3 Å². The van der Waals surface area contributed by atoms with Crippen LogP contribution >= 0.6 is 0 Å². The highest BCUT2D eigenvalue weighted by molar-refractivity contribution is 6.25. The fraction of sp³-hybridized carbons (Fsp3) is 0.238. The molecule has 0 radical (unpaired) electrons. The third-order valence-corrected chi connectivity index (χ3v) is 4.32. The first-order chi connectivity index (χ1) is 11.2. The summed E-state index contributed by atoms with van der Waals surface area (Å²) >= 11 is 0. The van der Waals surface area contributed by atoms with Crippen LogP contribution in [0.2, 0.25) is 0 Å². The lowest BCUT2D eigenvalue weighted by Gasteiger charge is -2.16. The molecule has 0 saturated carbocycles. The second kappa shape index (κ2) is 5.71. The van der Waals surface area contributed by atoms with Gasteiger partial charge in [-0.2, -0.15) is 0 Å². The Morgan fingerprint density at radius 2 is 1.57 bits per heavy atom. The Kier molecular flexibility index (Phi) is 3.55. The molecule has 4 aromatic carbocycles. The lowest BCUT2D eigenvalue weighted by atomic mass is 9.93. The summed E-state index contributed by atoms with van der Waals surface area (Å²) < 4.78 is 5.70. The van der Waals surface area contributed by atoms with Gasteiger partial charge in [0.25, 0.3) is 0 Å². The van der Waals surface area contributed by atoms with E-state index in [9.17, 15) is 0 Å². The van der Waals surface area contributed by atoms with Crippen LogP contribution in [0.4, 0.5) is 5.69 Å². The highest BCUT2D eigenvalue weighted by Crippen LogP contribution is 2.38. The quantitative estimate of drug-likeness (QED) is 0.293. The summed E-state index contributed by atoms with van der Waals surface area (Å²) in [6.45, 7) is 5.64. The Morgan fingerprint density at radius 1 is 0.870 bits per heavy atom. The van der Waals surface area contributed by atoms with Gasteiger partial charge in [0.05, 0.1) is 6.61 Å². The van der Waals surface area contributed by atoms with Crippen molar-refractivity contribution in [3.8, 4) is 0 Å². The zero-order valence-corrected chi connectivity index (χ0v) is 13.6. The van der Waals surface area contributed by atoms with E-state index in [0.717, 1.165) is 12.3 Å². The van der Waals surface area contributed by atoms with Gasteiger partial charge in [0.1, 0.15) is 6.73 Å². The second-order valence-electron chi connectivity index (χ2n) is 6.56. The Hall–Kier alpha value is -2.32. The van der Waals surface area contributed by atoms with Crippen molar-refractivity contribution >= 4 is 38.0 Å². The minimum atomic E-state index is 0.540. The maximum absolute atomic E-state index is 5.70. The van der Waals surface area contributed by atoms with E-state index in [1.807, 2.05) is 0 Å². The summed E-state index contributed by atoms with van der Waals surface area (Å²) in [5.74, 6) is 0.551. The highest BCUT2D eigenvalue weighted by Gasteiger charge is 2.11. The van der Waals surface area contributed by atoms with Gasteiger partial charge in [0.15, 0.2) is 0 Å². The highest BCUT2D eigenvalue weighted by atomic mass is 16.5. The molecule has 0 aliphatic rings. The molecule has 1 N–H and O–H groups in total. The molecule has 0 fully saturated rings. The van der Waals surface area contributed by atoms with Crippen LogP contribution < -0.4 is 5.32 Å². The number of anilines is 1. The molecule has 0 aromatic heterocycles. The summed E-state index contributed by atoms with van der Waals surface area (Å²) in [5.41, 5.74) is 1.14. The molecule has 0 amide bonds. The van der Waals surface area contributed by atoms with E-state index in [1.165, 1.54) is 32.3 Å². The molecule has 0 aliphatic heterocycles. The van der Waals surface area contributed by atoms with E-state index in [-0.39, 0.29) is 0 Å². The van der Waals surface area contributed by atoms with Crippen molar-refractivity contribution in [1.29, 1.82) is 0 Å². The minimum absolute atomic E-state index is 0.540. The van der Waals surface area contributed by atoms with E-state index < -0.39 is 0 Å². The summed E-state index contributed by atoms with van der Waals surface area (Å²) in [6.07, 6.45) is 0. The fourth-order valence-corrected chi connectivity index (χ4v) is 3.33. The van der Waals surface area contributed by atoms with Crippen molar-refractivity contribution in [2.24, 2.45) is 5.92 Å².